The highest BCUT2D eigenvalue weighted by molar-refractivity contribution is 5.87. The van der Waals surface area contributed by atoms with Gasteiger partial charge < -0.3 is 10.2 Å². The van der Waals surface area contributed by atoms with Gasteiger partial charge in [-0.3, -0.25) is 9.59 Å². The maximum atomic E-state index is 11.4. The number of rotatable bonds is 7. The number of nitrogens with one attached hydrogen (secondary N) is 1. The van der Waals surface area contributed by atoms with Crippen LogP contribution in [0.15, 0.2) is 12.7 Å². The average molecular weight is 226 g/mol. The molecule has 0 aliphatic rings. The Morgan fingerprint density at radius 2 is 2.00 bits per heavy atom. The third kappa shape index (κ3) is 5.53. The van der Waals surface area contributed by atoms with Crippen molar-refractivity contribution in [2.24, 2.45) is 5.92 Å². The van der Waals surface area contributed by atoms with Gasteiger partial charge in [-0.05, 0) is 12.5 Å². The molecule has 16 heavy (non-hydrogen) atoms. The summed E-state index contributed by atoms with van der Waals surface area (Å²) in [7, 11) is 0. The van der Waals surface area contributed by atoms with E-state index in [1.165, 1.54) is 6.08 Å². The Hall–Kier alpha value is -1.32. The first kappa shape index (κ1) is 14.7. The normalized spacial score (nSPS) is 10.0. The molecule has 0 unspecified atom stereocenters. The molecule has 0 saturated carbocycles. The molecule has 0 bridgehead atoms. The summed E-state index contributed by atoms with van der Waals surface area (Å²) in [6, 6.07) is 0. The second-order valence-corrected chi connectivity index (χ2v) is 3.98. The number of carbonyl (C=O) groups excluding carboxylic acids is 2. The molecule has 4 heteroatoms. The van der Waals surface area contributed by atoms with Crippen LogP contribution in [-0.4, -0.2) is 36.3 Å². The zero-order chi connectivity index (χ0) is 12.6. The highest BCUT2D eigenvalue weighted by Gasteiger charge is 2.10. The fourth-order valence-electron chi connectivity index (χ4n) is 1.25. The summed E-state index contributed by atoms with van der Waals surface area (Å²) in [4.78, 5) is 24.4. The number of hydrogen-bond donors (Lipinski definition) is 1. The number of hydrogen-bond acceptors (Lipinski definition) is 2. The van der Waals surface area contributed by atoms with E-state index < -0.39 is 0 Å². The molecule has 92 valence electrons. The van der Waals surface area contributed by atoms with Crippen LogP contribution in [0.25, 0.3) is 0 Å². The Balaban J connectivity index is 3.98. The van der Waals surface area contributed by atoms with Crippen LogP contribution in [0.1, 0.15) is 27.2 Å². The minimum absolute atomic E-state index is 0.0162. The largest absolute Gasteiger partial charge is 0.354 e. The van der Waals surface area contributed by atoms with Crippen LogP contribution in [0.4, 0.5) is 0 Å². The summed E-state index contributed by atoms with van der Waals surface area (Å²) in [6.07, 6.45) is 2.21. The van der Waals surface area contributed by atoms with Gasteiger partial charge in [-0.25, -0.2) is 0 Å². The van der Waals surface area contributed by atoms with Gasteiger partial charge in [-0.2, -0.15) is 0 Å². The van der Waals surface area contributed by atoms with Crippen molar-refractivity contribution < 1.29 is 9.59 Å². The minimum atomic E-state index is -0.0827. The van der Waals surface area contributed by atoms with Gasteiger partial charge >= 0.3 is 0 Å². The Kier molecular flexibility index (Phi) is 7.25. The maximum Gasteiger partial charge on any atom is 0.246 e. The van der Waals surface area contributed by atoms with E-state index in [0.717, 1.165) is 6.42 Å². The zero-order valence-corrected chi connectivity index (χ0v) is 10.5. The van der Waals surface area contributed by atoms with E-state index in [-0.39, 0.29) is 17.7 Å². The molecule has 0 heterocycles. The van der Waals surface area contributed by atoms with Gasteiger partial charge in [-0.15, -0.1) is 0 Å². The monoisotopic (exact) mass is 226 g/mol. The fraction of sp³-hybridized carbons (Fsp3) is 0.667. The molecule has 0 aliphatic carbocycles. The summed E-state index contributed by atoms with van der Waals surface area (Å²) < 4.78 is 0. The van der Waals surface area contributed by atoms with Crippen LogP contribution >= 0.6 is 0 Å². The van der Waals surface area contributed by atoms with Crippen molar-refractivity contribution in [3.05, 3.63) is 12.7 Å². The Morgan fingerprint density at radius 3 is 2.44 bits per heavy atom. The molecule has 1 N–H and O–H groups in total. The predicted molar refractivity (Wildman–Crippen MR) is 64.9 cm³/mol. The van der Waals surface area contributed by atoms with Crippen LogP contribution in [0.3, 0.4) is 0 Å². The molecule has 0 atom stereocenters. The SMILES string of the molecule is C=CC(=O)N(CCC)CCNC(=O)C(C)C. The maximum absolute atomic E-state index is 11.4. The van der Waals surface area contributed by atoms with E-state index in [9.17, 15) is 9.59 Å². The van der Waals surface area contributed by atoms with E-state index in [1.807, 2.05) is 20.8 Å². The van der Waals surface area contributed by atoms with E-state index in [0.29, 0.717) is 19.6 Å². The Bertz CT molecular complexity index is 249. The van der Waals surface area contributed by atoms with Crippen molar-refractivity contribution in [3.8, 4) is 0 Å². The summed E-state index contributed by atoms with van der Waals surface area (Å²) in [5.74, 6) is -0.0853. The van der Waals surface area contributed by atoms with E-state index in [4.69, 9.17) is 0 Å². The van der Waals surface area contributed by atoms with E-state index in [1.54, 1.807) is 4.90 Å². The summed E-state index contributed by atoms with van der Waals surface area (Å²) in [6.45, 7) is 10.9. The van der Waals surface area contributed by atoms with Crippen molar-refractivity contribution in [2.75, 3.05) is 19.6 Å². The molecule has 0 aromatic carbocycles. The van der Waals surface area contributed by atoms with Crippen LogP contribution in [-0.2, 0) is 9.59 Å². The van der Waals surface area contributed by atoms with Gasteiger partial charge in [-0.1, -0.05) is 27.4 Å². The molecule has 0 aromatic rings. The van der Waals surface area contributed by atoms with Crippen molar-refractivity contribution in [2.45, 2.75) is 27.2 Å². The second kappa shape index (κ2) is 7.91. The van der Waals surface area contributed by atoms with Gasteiger partial charge in [0, 0.05) is 25.6 Å². The minimum Gasteiger partial charge on any atom is -0.354 e. The van der Waals surface area contributed by atoms with Crippen molar-refractivity contribution >= 4 is 11.8 Å². The quantitative estimate of drug-likeness (QED) is 0.663. The molecule has 0 rings (SSSR count). The van der Waals surface area contributed by atoms with Crippen molar-refractivity contribution in [3.63, 3.8) is 0 Å². The lowest BCUT2D eigenvalue weighted by Crippen LogP contribution is -2.39. The number of amides is 2. The summed E-state index contributed by atoms with van der Waals surface area (Å²) in [5, 5.41) is 2.78. The molecule has 0 radical (unpaired) electrons. The van der Waals surface area contributed by atoms with Gasteiger partial charge in [0.1, 0.15) is 0 Å². The number of nitrogens with zero attached hydrogens (tertiary/aromatic N) is 1. The standard InChI is InChI=1S/C12H22N2O2/c1-5-8-14(11(15)6-2)9-7-13-12(16)10(3)4/h6,10H,2,5,7-9H2,1,3-4H3,(H,13,16). The van der Waals surface area contributed by atoms with Crippen molar-refractivity contribution in [1.82, 2.24) is 10.2 Å². The van der Waals surface area contributed by atoms with Crippen LogP contribution in [0.5, 0.6) is 0 Å². The first-order valence-electron chi connectivity index (χ1n) is 5.72. The Labute approximate surface area is 97.7 Å². The molecule has 0 aliphatic heterocycles. The molecular formula is C12H22N2O2. The summed E-state index contributed by atoms with van der Waals surface area (Å²) >= 11 is 0. The third-order valence-corrected chi connectivity index (χ3v) is 2.19. The number of carbonyl (C=O) groups is 2. The van der Waals surface area contributed by atoms with Crippen LogP contribution in [0.2, 0.25) is 0 Å². The molecule has 0 fully saturated rings. The topological polar surface area (TPSA) is 49.4 Å². The highest BCUT2D eigenvalue weighted by Crippen LogP contribution is 1.94. The molecular weight excluding hydrogens is 204 g/mol. The van der Waals surface area contributed by atoms with Gasteiger partial charge in [0.05, 0.1) is 0 Å². The highest BCUT2D eigenvalue weighted by atomic mass is 16.2. The lowest BCUT2D eigenvalue weighted by atomic mass is 10.2. The molecule has 0 saturated heterocycles. The van der Waals surface area contributed by atoms with Gasteiger partial charge in [0.15, 0.2) is 0 Å². The first-order chi connectivity index (χ1) is 7.52. The predicted octanol–water partition coefficient (Wildman–Crippen LogP) is 1.18. The van der Waals surface area contributed by atoms with Crippen LogP contribution < -0.4 is 5.32 Å². The molecule has 2 amide bonds. The van der Waals surface area contributed by atoms with Crippen LogP contribution in [0, 0.1) is 5.92 Å². The molecule has 0 aromatic heterocycles. The molecule has 4 nitrogen and oxygen atoms in total. The second-order valence-electron chi connectivity index (χ2n) is 3.98. The van der Waals surface area contributed by atoms with Crippen molar-refractivity contribution in [1.29, 1.82) is 0 Å². The lowest BCUT2D eigenvalue weighted by Gasteiger charge is -2.20. The lowest BCUT2D eigenvalue weighted by molar-refractivity contribution is -0.127. The average Bonchev–Trinajstić information content (AvgIpc) is 2.26. The van der Waals surface area contributed by atoms with Gasteiger partial charge in [0.2, 0.25) is 11.8 Å². The van der Waals surface area contributed by atoms with Gasteiger partial charge in [0.25, 0.3) is 0 Å². The van der Waals surface area contributed by atoms with E-state index in [2.05, 4.69) is 11.9 Å². The zero-order valence-electron chi connectivity index (χ0n) is 10.5. The molecule has 0 spiro atoms. The smallest absolute Gasteiger partial charge is 0.246 e. The van der Waals surface area contributed by atoms with E-state index >= 15 is 0 Å². The Morgan fingerprint density at radius 1 is 1.38 bits per heavy atom. The fourth-order valence-corrected chi connectivity index (χ4v) is 1.25. The third-order valence-electron chi connectivity index (χ3n) is 2.19. The summed E-state index contributed by atoms with van der Waals surface area (Å²) in [5.41, 5.74) is 0. The first-order valence-corrected chi connectivity index (χ1v) is 5.72.